The van der Waals surface area contributed by atoms with Crippen molar-refractivity contribution in [1.82, 2.24) is 9.97 Å². The molecular weight excluding hydrogens is 186 g/mol. The van der Waals surface area contributed by atoms with Crippen LogP contribution in [0, 0.1) is 6.57 Å². The van der Waals surface area contributed by atoms with Gasteiger partial charge in [-0.1, -0.05) is 20.8 Å². The van der Waals surface area contributed by atoms with E-state index in [2.05, 4.69) is 35.6 Å². The molecule has 2 aromatic rings. The van der Waals surface area contributed by atoms with E-state index in [-0.39, 0.29) is 5.41 Å². The van der Waals surface area contributed by atoms with Crippen LogP contribution in [0.2, 0.25) is 0 Å². The summed E-state index contributed by atoms with van der Waals surface area (Å²) in [5.41, 5.74) is 2.58. The van der Waals surface area contributed by atoms with Crippen LogP contribution in [0.4, 0.5) is 5.69 Å². The topological polar surface area (TPSA) is 33.0 Å². The summed E-state index contributed by atoms with van der Waals surface area (Å²) in [6.45, 7) is 13.4. The number of nitrogens with zero attached hydrogens (tertiary/aromatic N) is 2. The Hall–Kier alpha value is -1.82. The summed E-state index contributed by atoms with van der Waals surface area (Å²) in [5.74, 6) is 0. The summed E-state index contributed by atoms with van der Waals surface area (Å²) in [6.07, 6.45) is 3.53. The van der Waals surface area contributed by atoms with E-state index in [0.717, 1.165) is 16.6 Å². The smallest absolute Gasteiger partial charge is 0.213 e. The highest BCUT2D eigenvalue weighted by molar-refractivity contribution is 5.95. The zero-order valence-corrected chi connectivity index (χ0v) is 9.13. The van der Waals surface area contributed by atoms with Gasteiger partial charge in [-0.2, -0.15) is 0 Å². The van der Waals surface area contributed by atoms with Crippen molar-refractivity contribution in [2.45, 2.75) is 26.2 Å². The molecule has 2 rings (SSSR count). The Morgan fingerprint density at radius 1 is 1.40 bits per heavy atom. The van der Waals surface area contributed by atoms with Gasteiger partial charge in [-0.15, -0.1) is 0 Å². The van der Waals surface area contributed by atoms with E-state index in [0.29, 0.717) is 5.69 Å². The summed E-state index contributed by atoms with van der Waals surface area (Å²) in [4.78, 5) is 11.0. The summed E-state index contributed by atoms with van der Waals surface area (Å²) in [5, 5.41) is 0.958. The predicted octanol–water partition coefficient (Wildman–Crippen LogP) is 3.41. The molecule has 0 saturated heterocycles. The molecule has 0 aliphatic rings. The monoisotopic (exact) mass is 199 g/mol. The van der Waals surface area contributed by atoms with Crippen LogP contribution < -0.4 is 0 Å². The largest absolute Gasteiger partial charge is 0.372 e. The quantitative estimate of drug-likeness (QED) is 0.648. The summed E-state index contributed by atoms with van der Waals surface area (Å²) < 4.78 is 0. The number of hydrogen-bond donors (Lipinski definition) is 1. The normalized spacial score (nSPS) is 11.6. The fourth-order valence-electron chi connectivity index (χ4n) is 1.72. The molecule has 0 unspecified atom stereocenters. The van der Waals surface area contributed by atoms with Crippen LogP contribution in [0.3, 0.4) is 0 Å². The Kier molecular flexibility index (Phi) is 2.01. The Balaban J connectivity index is 2.86. The lowest BCUT2D eigenvalue weighted by atomic mass is 9.89. The lowest BCUT2D eigenvalue weighted by Crippen LogP contribution is -2.13. The standard InChI is InChI=1S/C12H13N3/c1-12(2,3)11-10-8(5-6-14-11)15-7-9(10)13-4/h5-7,15H,1-3H3. The molecule has 1 N–H and O–H groups in total. The minimum atomic E-state index is -0.0405. The number of nitrogens with one attached hydrogen (secondary N) is 1. The van der Waals surface area contributed by atoms with Crippen molar-refractivity contribution < 1.29 is 0 Å². The first-order valence-corrected chi connectivity index (χ1v) is 4.88. The van der Waals surface area contributed by atoms with Crippen LogP contribution >= 0.6 is 0 Å². The molecule has 3 nitrogen and oxygen atoms in total. The van der Waals surface area contributed by atoms with Crippen LogP contribution in [0.1, 0.15) is 26.5 Å². The second kappa shape index (κ2) is 3.09. The molecule has 0 fully saturated rings. The molecule has 0 aliphatic heterocycles. The Bertz CT molecular complexity index is 538. The second-order valence-corrected chi connectivity index (χ2v) is 4.62. The first-order chi connectivity index (χ1) is 7.04. The SMILES string of the molecule is [C-]#[N+]c1c[nH]c2ccnc(C(C)(C)C)c12. The summed E-state index contributed by atoms with van der Waals surface area (Å²) in [7, 11) is 0. The van der Waals surface area contributed by atoms with Crippen LogP contribution in [0.5, 0.6) is 0 Å². The lowest BCUT2D eigenvalue weighted by molar-refractivity contribution is 0.576. The first kappa shape index (κ1) is 9.72. The van der Waals surface area contributed by atoms with Crippen molar-refractivity contribution in [2.75, 3.05) is 0 Å². The molecule has 76 valence electrons. The van der Waals surface area contributed by atoms with Crippen molar-refractivity contribution >= 4 is 16.6 Å². The van der Waals surface area contributed by atoms with Gasteiger partial charge in [0, 0.05) is 34.4 Å². The third-order valence-electron chi connectivity index (χ3n) is 2.40. The third kappa shape index (κ3) is 1.48. The molecule has 0 atom stereocenters. The molecule has 0 spiro atoms. The molecule has 0 amide bonds. The van der Waals surface area contributed by atoms with Crippen molar-refractivity contribution in [3.05, 3.63) is 35.6 Å². The molecule has 0 radical (unpaired) electrons. The van der Waals surface area contributed by atoms with Gasteiger partial charge in [0.15, 0.2) is 0 Å². The highest BCUT2D eigenvalue weighted by Crippen LogP contribution is 2.34. The predicted molar refractivity (Wildman–Crippen MR) is 61.1 cm³/mol. The molecule has 3 heteroatoms. The number of aromatic nitrogens is 2. The van der Waals surface area contributed by atoms with E-state index in [1.165, 1.54) is 0 Å². The van der Waals surface area contributed by atoms with Gasteiger partial charge in [0.05, 0.1) is 6.57 Å². The van der Waals surface area contributed by atoms with Crippen LogP contribution in [0.15, 0.2) is 18.5 Å². The van der Waals surface area contributed by atoms with Gasteiger partial charge in [-0.25, -0.2) is 4.85 Å². The molecule has 15 heavy (non-hydrogen) atoms. The number of pyridine rings is 1. The summed E-state index contributed by atoms with van der Waals surface area (Å²) in [6, 6.07) is 1.90. The maximum atomic E-state index is 7.12. The van der Waals surface area contributed by atoms with Gasteiger partial charge >= 0.3 is 0 Å². The zero-order valence-electron chi connectivity index (χ0n) is 9.13. The number of aromatic amines is 1. The van der Waals surface area contributed by atoms with Gasteiger partial charge in [0.2, 0.25) is 5.69 Å². The van der Waals surface area contributed by atoms with E-state index in [4.69, 9.17) is 6.57 Å². The van der Waals surface area contributed by atoms with Crippen molar-refractivity contribution in [3.63, 3.8) is 0 Å². The molecule has 2 heterocycles. The van der Waals surface area contributed by atoms with Gasteiger partial charge in [0.25, 0.3) is 0 Å². The molecular formula is C12H13N3. The minimum Gasteiger partial charge on any atom is -0.372 e. The maximum absolute atomic E-state index is 7.12. The van der Waals surface area contributed by atoms with E-state index in [1.54, 1.807) is 12.4 Å². The Labute approximate surface area is 89.0 Å². The minimum absolute atomic E-state index is 0.0405. The summed E-state index contributed by atoms with van der Waals surface area (Å²) >= 11 is 0. The molecule has 2 aromatic heterocycles. The fraction of sp³-hybridized carbons (Fsp3) is 0.333. The van der Waals surface area contributed by atoms with E-state index in [1.807, 2.05) is 6.07 Å². The number of H-pyrrole nitrogens is 1. The lowest BCUT2D eigenvalue weighted by Gasteiger charge is -2.18. The average Bonchev–Trinajstić information content (AvgIpc) is 2.58. The van der Waals surface area contributed by atoms with Crippen molar-refractivity contribution in [1.29, 1.82) is 0 Å². The third-order valence-corrected chi connectivity index (χ3v) is 2.40. The molecule has 0 aliphatic carbocycles. The van der Waals surface area contributed by atoms with E-state index >= 15 is 0 Å². The van der Waals surface area contributed by atoms with Crippen LogP contribution in [-0.2, 0) is 5.41 Å². The Morgan fingerprint density at radius 2 is 2.13 bits per heavy atom. The number of fused-ring (bicyclic) bond motifs is 1. The van der Waals surface area contributed by atoms with Gasteiger partial charge in [-0.05, 0) is 6.07 Å². The molecule has 0 saturated carbocycles. The van der Waals surface area contributed by atoms with Gasteiger partial charge in [-0.3, -0.25) is 4.98 Å². The van der Waals surface area contributed by atoms with Gasteiger partial charge in [0.1, 0.15) is 0 Å². The highest BCUT2D eigenvalue weighted by atomic mass is 14.8. The van der Waals surface area contributed by atoms with E-state index in [9.17, 15) is 0 Å². The molecule has 0 aromatic carbocycles. The van der Waals surface area contributed by atoms with Crippen LogP contribution in [-0.4, -0.2) is 9.97 Å². The Morgan fingerprint density at radius 3 is 2.73 bits per heavy atom. The fourth-order valence-corrected chi connectivity index (χ4v) is 1.72. The zero-order chi connectivity index (χ0) is 11.1. The first-order valence-electron chi connectivity index (χ1n) is 4.88. The van der Waals surface area contributed by atoms with Crippen molar-refractivity contribution in [3.8, 4) is 0 Å². The molecule has 0 bridgehead atoms. The highest BCUT2D eigenvalue weighted by Gasteiger charge is 2.20. The maximum Gasteiger partial charge on any atom is 0.213 e. The van der Waals surface area contributed by atoms with E-state index < -0.39 is 0 Å². The van der Waals surface area contributed by atoms with Crippen molar-refractivity contribution in [2.24, 2.45) is 0 Å². The number of rotatable bonds is 0. The van der Waals surface area contributed by atoms with Gasteiger partial charge < -0.3 is 4.98 Å². The second-order valence-electron chi connectivity index (χ2n) is 4.62. The number of hydrogen-bond acceptors (Lipinski definition) is 1. The average molecular weight is 199 g/mol. The van der Waals surface area contributed by atoms with Crippen LogP contribution in [0.25, 0.3) is 15.7 Å².